The Bertz CT molecular complexity index is 710. The van der Waals surface area contributed by atoms with E-state index in [-0.39, 0.29) is 0 Å². The number of rotatable bonds is 4. The minimum Gasteiger partial charge on any atom is -0.385 e. The maximum atomic E-state index is 3.47. The van der Waals surface area contributed by atoms with E-state index in [1.54, 1.807) is 0 Å². The fraction of sp³-hybridized carbons (Fsp3) is 0.294. The summed E-state index contributed by atoms with van der Waals surface area (Å²) in [6, 6.07) is 15.3. The Morgan fingerprint density at radius 2 is 1.74 bits per heavy atom. The summed E-state index contributed by atoms with van der Waals surface area (Å²) in [6.07, 6.45) is 1.15. The van der Waals surface area contributed by atoms with Crippen molar-refractivity contribution in [2.75, 3.05) is 11.9 Å². The van der Waals surface area contributed by atoms with Gasteiger partial charge < -0.3 is 9.88 Å². The number of nitrogens with zero attached hydrogens (tertiary/aromatic N) is 1. The molecule has 0 spiro atoms. The molecule has 0 saturated carbocycles. The van der Waals surface area contributed by atoms with Gasteiger partial charge in [-0.3, -0.25) is 0 Å². The van der Waals surface area contributed by atoms with Crippen molar-refractivity contribution in [3.63, 3.8) is 0 Å². The number of aromatic nitrogens is 1. The van der Waals surface area contributed by atoms with Crippen molar-refractivity contribution in [1.82, 2.24) is 4.57 Å². The van der Waals surface area contributed by atoms with Crippen molar-refractivity contribution < 1.29 is 0 Å². The quantitative estimate of drug-likeness (QED) is 0.716. The van der Waals surface area contributed by atoms with Gasteiger partial charge in [0.2, 0.25) is 0 Å². The van der Waals surface area contributed by atoms with Crippen LogP contribution in [0.2, 0.25) is 0 Å². The molecule has 3 aromatic rings. The summed E-state index contributed by atoms with van der Waals surface area (Å²) in [6.45, 7) is 6.42. The third-order valence-corrected chi connectivity index (χ3v) is 3.67. The first kappa shape index (κ1) is 12.1. The molecule has 0 aliphatic heterocycles. The van der Waals surface area contributed by atoms with Gasteiger partial charge in [0.25, 0.3) is 0 Å². The molecule has 0 bridgehead atoms. The molecular weight excluding hydrogens is 232 g/mol. The number of para-hydroxylation sites is 1. The number of anilines is 1. The molecule has 1 heterocycles. The van der Waals surface area contributed by atoms with E-state index in [4.69, 9.17) is 0 Å². The van der Waals surface area contributed by atoms with Crippen LogP contribution in [0.25, 0.3) is 21.8 Å². The van der Waals surface area contributed by atoms with Crippen molar-refractivity contribution in [1.29, 1.82) is 0 Å². The number of aryl methyl sites for hydroxylation is 1. The Balaban J connectivity index is 2.24. The third-order valence-electron chi connectivity index (χ3n) is 3.67. The van der Waals surface area contributed by atoms with Crippen LogP contribution in [0.15, 0.2) is 42.5 Å². The van der Waals surface area contributed by atoms with Gasteiger partial charge in [0, 0.05) is 40.6 Å². The SMILES string of the molecule is CCCNc1ccc2c(c1)c1ccccc1n2CC. The van der Waals surface area contributed by atoms with Gasteiger partial charge in [0.15, 0.2) is 0 Å². The number of fused-ring (bicyclic) bond motifs is 3. The topological polar surface area (TPSA) is 17.0 Å². The second-order valence-electron chi connectivity index (χ2n) is 4.92. The molecule has 2 nitrogen and oxygen atoms in total. The zero-order valence-electron chi connectivity index (χ0n) is 11.6. The molecule has 0 aliphatic carbocycles. The molecule has 0 unspecified atom stereocenters. The molecule has 0 aliphatic rings. The van der Waals surface area contributed by atoms with E-state index in [2.05, 4.69) is 66.2 Å². The molecule has 3 rings (SSSR count). The van der Waals surface area contributed by atoms with Crippen molar-refractivity contribution >= 4 is 27.5 Å². The largest absolute Gasteiger partial charge is 0.385 e. The van der Waals surface area contributed by atoms with E-state index in [1.807, 2.05) is 0 Å². The van der Waals surface area contributed by atoms with Crippen molar-refractivity contribution in [2.24, 2.45) is 0 Å². The smallest absolute Gasteiger partial charge is 0.0492 e. The van der Waals surface area contributed by atoms with E-state index in [0.717, 1.165) is 19.5 Å². The molecule has 0 radical (unpaired) electrons. The van der Waals surface area contributed by atoms with E-state index in [9.17, 15) is 0 Å². The molecule has 1 N–H and O–H groups in total. The van der Waals surface area contributed by atoms with Gasteiger partial charge in [0.1, 0.15) is 0 Å². The zero-order valence-corrected chi connectivity index (χ0v) is 11.6. The van der Waals surface area contributed by atoms with Crippen LogP contribution in [0, 0.1) is 0 Å². The van der Waals surface area contributed by atoms with Crippen molar-refractivity contribution in [2.45, 2.75) is 26.8 Å². The first-order valence-corrected chi connectivity index (χ1v) is 7.10. The Labute approximate surface area is 114 Å². The molecule has 2 heteroatoms. The summed E-state index contributed by atoms with van der Waals surface area (Å²) < 4.78 is 2.38. The molecule has 2 aromatic carbocycles. The fourth-order valence-electron chi connectivity index (χ4n) is 2.77. The highest BCUT2D eigenvalue weighted by Gasteiger charge is 2.09. The first-order chi connectivity index (χ1) is 9.35. The van der Waals surface area contributed by atoms with Crippen molar-refractivity contribution in [3.05, 3.63) is 42.5 Å². The summed E-state index contributed by atoms with van der Waals surface area (Å²) >= 11 is 0. The third kappa shape index (κ3) is 1.97. The minimum atomic E-state index is 1.01. The lowest BCUT2D eigenvalue weighted by Gasteiger charge is -2.06. The molecule has 19 heavy (non-hydrogen) atoms. The Morgan fingerprint density at radius 1 is 0.947 bits per heavy atom. The van der Waals surface area contributed by atoms with Gasteiger partial charge in [0.05, 0.1) is 0 Å². The van der Waals surface area contributed by atoms with Gasteiger partial charge in [-0.2, -0.15) is 0 Å². The minimum absolute atomic E-state index is 1.01. The molecule has 0 saturated heterocycles. The van der Waals surface area contributed by atoms with Crippen LogP contribution in [0.1, 0.15) is 20.3 Å². The normalized spacial score (nSPS) is 11.3. The first-order valence-electron chi connectivity index (χ1n) is 7.10. The van der Waals surface area contributed by atoms with Crippen LogP contribution < -0.4 is 5.32 Å². The molecule has 0 amide bonds. The van der Waals surface area contributed by atoms with Crippen LogP contribution >= 0.6 is 0 Å². The van der Waals surface area contributed by atoms with Gasteiger partial charge in [-0.1, -0.05) is 25.1 Å². The van der Waals surface area contributed by atoms with E-state index >= 15 is 0 Å². The standard InChI is InChI=1S/C17H20N2/c1-3-11-18-13-9-10-17-15(12-13)14-7-5-6-8-16(14)19(17)4-2/h5-10,12,18H,3-4,11H2,1-2H3. The highest BCUT2D eigenvalue weighted by Crippen LogP contribution is 2.30. The molecule has 0 fully saturated rings. The van der Waals surface area contributed by atoms with E-state index in [1.165, 1.54) is 27.5 Å². The number of hydrogen-bond donors (Lipinski definition) is 1. The highest BCUT2D eigenvalue weighted by atomic mass is 15.0. The van der Waals surface area contributed by atoms with Crippen LogP contribution in [-0.4, -0.2) is 11.1 Å². The fourth-order valence-corrected chi connectivity index (χ4v) is 2.77. The summed E-state index contributed by atoms with van der Waals surface area (Å²) in [5.74, 6) is 0. The molecule has 0 atom stereocenters. The average Bonchev–Trinajstić information content (AvgIpc) is 2.78. The average molecular weight is 252 g/mol. The van der Waals surface area contributed by atoms with Gasteiger partial charge in [-0.05, 0) is 37.6 Å². The maximum absolute atomic E-state index is 3.47. The van der Waals surface area contributed by atoms with Gasteiger partial charge in [-0.25, -0.2) is 0 Å². The lowest BCUT2D eigenvalue weighted by atomic mass is 10.1. The van der Waals surface area contributed by atoms with Crippen LogP contribution in [0.4, 0.5) is 5.69 Å². The van der Waals surface area contributed by atoms with Gasteiger partial charge >= 0.3 is 0 Å². The predicted molar refractivity (Wildman–Crippen MR) is 83.9 cm³/mol. The van der Waals surface area contributed by atoms with Crippen LogP contribution in [-0.2, 0) is 6.54 Å². The number of benzene rings is 2. The predicted octanol–water partition coefficient (Wildman–Crippen LogP) is 4.64. The Hall–Kier alpha value is -1.96. The van der Waals surface area contributed by atoms with Crippen LogP contribution in [0.3, 0.4) is 0 Å². The Morgan fingerprint density at radius 3 is 2.53 bits per heavy atom. The summed E-state index contributed by atoms with van der Waals surface area (Å²) in [7, 11) is 0. The zero-order chi connectivity index (χ0) is 13.2. The second kappa shape index (κ2) is 4.96. The monoisotopic (exact) mass is 252 g/mol. The summed E-state index contributed by atoms with van der Waals surface area (Å²) in [5, 5.41) is 6.16. The van der Waals surface area contributed by atoms with Crippen molar-refractivity contribution in [3.8, 4) is 0 Å². The summed E-state index contributed by atoms with van der Waals surface area (Å²) in [5.41, 5.74) is 3.87. The maximum Gasteiger partial charge on any atom is 0.0492 e. The lowest BCUT2D eigenvalue weighted by molar-refractivity contribution is 0.827. The second-order valence-corrected chi connectivity index (χ2v) is 4.92. The lowest BCUT2D eigenvalue weighted by Crippen LogP contribution is -1.99. The summed E-state index contributed by atoms with van der Waals surface area (Å²) in [4.78, 5) is 0. The highest BCUT2D eigenvalue weighted by molar-refractivity contribution is 6.09. The molecule has 98 valence electrons. The Kier molecular flexibility index (Phi) is 3.16. The van der Waals surface area contributed by atoms with Crippen LogP contribution in [0.5, 0.6) is 0 Å². The number of nitrogens with one attached hydrogen (secondary N) is 1. The van der Waals surface area contributed by atoms with E-state index in [0.29, 0.717) is 0 Å². The molecular formula is C17H20N2. The van der Waals surface area contributed by atoms with E-state index < -0.39 is 0 Å². The number of hydrogen-bond acceptors (Lipinski definition) is 1. The van der Waals surface area contributed by atoms with Gasteiger partial charge in [-0.15, -0.1) is 0 Å². The molecule has 1 aromatic heterocycles.